The fourth-order valence-electron chi connectivity index (χ4n) is 1.75. The van der Waals surface area contributed by atoms with Crippen LogP contribution in [0.3, 0.4) is 0 Å². The van der Waals surface area contributed by atoms with E-state index in [2.05, 4.69) is 10.1 Å². The summed E-state index contributed by atoms with van der Waals surface area (Å²) < 4.78 is 3.01. The molecule has 0 aromatic carbocycles. The van der Waals surface area contributed by atoms with Gasteiger partial charge in [0.15, 0.2) is 0 Å². The van der Waals surface area contributed by atoms with Crippen molar-refractivity contribution in [1.29, 1.82) is 0 Å². The van der Waals surface area contributed by atoms with Crippen molar-refractivity contribution in [3.8, 4) is 0 Å². The lowest BCUT2D eigenvalue weighted by Crippen LogP contribution is -2.23. The monoisotopic (exact) mass is 262 g/mol. The quantitative estimate of drug-likeness (QED) is 0.878. The summed E-state index contributed by atoms with van der Waals surface area (Å²) in [4.78, 5) is 26.7. The van der Waals surface area contributed by atoms with Gasteiger partial charge < -0.3 is 9.67 Å². The molecule has 2 aromatic heterocycles. The lowest BCUT2D eigenvalue weighted by molar-refractivity contribution is 0.0696. The molecule has 0 aliphatic heterocycles. The normalized spacial score (nSPS) is 10.9. The number of hydrogen-bond acceptors (Lipinski definition) is 4. The maximum absolute atomic E-state index is 11.7. The van der Waals surface area contributed by atoms with E-state index in [9.17, 15) is 9.59 Å². The van der Waals surface area contributed by atoms with Gasteiger partial charge in [0.1, 0.15) is 12.2 Å². The molecule has 0 spiro atoms. The Morgan fingerprint density at radius 3 is 2.79 bits per heavy atom. The highest BCUT2D eigenvalue weighted by molar-refractivity contribution is 5.87. The van der Waals surface area contributed by atoms with Gasteiger partial charge in [0.25, 0.3) is 5.56 Å². The zero-order valence-corrected chi connectivity index (χ0v) is 10.6. The van der Waals surface area contributed by atoms with Crippen LogP contribution in [0, 0.1) is 0 Å². The van der Waals surface area contributed by atoms with Gasteiger partial charge in [-0.25, -0.2) is 14.5 Å². The summed E-state index contributed by atoms with van der Waals surface area (Å²) in [6.07, 6.45) is 2.73. The number of carbonyl (C=O) groups is 1. The number of aromatic nitrogens is 4. The Kier molecular flexibility index (Phi) is 3.46. The van der Waals surface area contributed by atoms with Gasteiger partial charge in [-0.15, -0.1) is 0 Å². The van der Waals surface area contributed by atoms with Crippen molar-refractivity contribution < 1.29 is 9.90 Å². The molecule has 1 N–H and O–H groups in total. The molecule has 2 aromatic rings. The molecule has 0 aliphatic carbocycles. The van der Waals surface area contributed by atoms with Crippen molar-refractivity contribution in [3.63, 3.8) is 0 Å². The van der Waals surface area contributed by atoms with E-state index in [4.69, 9.17) is 5.11 Å². The molecule has 0 saturated heterocycles. The molecule has 19 heavy (non-hydrogen) atoms. The van der Waals surface area contributed by atoms with E-state index >= 15 is 0 Å². The number of carboxylic acids is 1. The highest BCUT2D eigenvalue weighted by Crippen LogP contribution is 2.06. The first-order valence-electron chi connectivity index (χ1n) is 5.81. The molecule has 0 amide bonds. The van der Waals surface area contributed by atoms with Gasteiger partial charge >= 0.3 is 5.97 Å². The van der Waals surface area contributed by atoms with Gasteiger partial charge in [0.2, 0.25) is 0 Å². The highest BCUT2D eigenvalue weighted by Gasteiger charge is 2.10. The van der Waals surface area contributed by atoms with Gasteiger partial charge in [-0.2, -0.15) is 5.10 Å². The molecule has 0 fully saturated rings. The van der Waals surface area contributed by atoms with Crippen LogP contribution in [-0.4, -0.2) is 30.4 Å². The maximum Gasteiger partial charge on any atom is 0.337 e. The minimum Gasteiger partial charge on any atom is -0.478 e. The van der Waals surface area contributed by atoms with E-state index in [0.717, 1.165) is 0 Å². The number of pyridine rings is 1. The minimum absolute atomic E-state index is 0.0650. The van der Waals surface area contributed by atoms with Crippen molar-refractivity contribution in [2.75, 3.05) is 0 Å². The molecular weight excluding hydrogens is 248 g/mol. The first-order chi connectivity index (χ1) is 8.99. The third kappa shape index (κ3) is 2.70. The van der Waals surface area contributed by atoms with Crippen molar-refractivity contribution in [1.82, 2.24) is 19.3 Å². The second-order valence-electron chi connectivity index (χ2n) is 4.40. The van der Waals surface area contributed by atoms with E-state index in [1.54, 1.807) is 4.68 Å². The first kappa shape index (κ1) is 13.0. The van der Waals surface area contributed by atoms with Crippen molar-refractivity contribution >= 4 is 5.97 Å². The van der Waals surface area contributed by atoms with Gasteiger partial charge in [0, 0.05) is 18.3 Å². The van der Waals surface area contributed by atoms with Crippen LogP contribution in [0.2, 0.25) is 0 Å². The van der Waals surface area contributed by atoms with E-state index in [0.29, 0.717) is 5.82 Å². The van der Waals surface area contributed by atoms with Gasteiger partial charge in [-0.05, 0) is 19.9 Å². The Labute approximate surface area is 109 Å². The number of rotatable bonds is 4. The van der Waals surface area contributed by atoms with E-state index < -0.39 is 5.97 Å². The molecule has 0 saturated carbocycles. The fraction of sp³-hybridized carbons (Fsp3) is 0.333. The summed E-state index contributed by atoms with van der Waals surface area (Å²) in [5.41, 5.74) is -0.210. The molecule has 2 rings (SSSR count). The molecule has 0 aliphatic rings. The van der Waals surface area contributed by atoms with Gasteiger partial charge in [0.05, 0.1) is 12.1 Å². The maximum atomic E-state index is 11.7. The second-order valence-corrected chi connectivity index (χ2v) is 4.40. The Morgan fingerprint density at radius 2 is 2.16 bits per heavy atom. The number of nitrogens with zero attached hydrogens (tertiary/aromatic N) is 4. The fourth-order valence-corrected chi connectivity index (χ4v) is 1.75. The third-order valence-corrected chi connectivity index (χ3v) is 2.68. The lowest BCUT2D eigenvalue weighted by Gasteiger charge is -2.10. The van der Waals surface area contributed by atoms with Crippen molar-refractivity contribution in [2.45, 2.75) is 26.4 Å². The average Bonchev–Trinajstić information content (AvgIpc) is 2.80. The number of aromatic carboxylic acids is 1. The zero-order valence-electron chi connectivity index (χ0n) is 10.6. The van der Waals surface area contributed by atoms with Crippen LogP contribution in [0.25, 0.3) is 0 Å². The Bertz CT molecular complexity index is 657. The Hall–Kier alpha value is -2.44. The van der Waals surface area contributed by atoms with Gasteiger partial charge in [-0.3, -0.25) is 4.79 Å². The third-order valence-electron chi connectivity index (χ3n) is 2.68. The summed E-state index contributed by atoms with van der Waals surface area (Å²) >= 11 is 0. The van der Waals surface area contributed by atoms with Crippen LogP contribution >= 0.6 is 0 Å². The Morgan fingerprint density at radius 1 is 1.42 bits per heavy atom. The highest BCUT2D eigenvalue weighted by atomic mass is 16.4. The summed E-state index contributed by atoms with van der Waals surface area (Å²) in [5.74, 6) is -0.460. The largest absolute Gasteiger partial charge is 0.478 e. The standard InChI is InChI=1S/C12H14N4O3/c1-8(2)16-10(13-7-14-16)6-15-5-9(12(18)19)3-4-11(15)17/h3-5,7-8H,6H2,1-2H3,(H,18,19). The SMILES string of the molecule is CC(C)n1ncnc1Cn1cc(C(=O)O)ccc1=O. The number of carboxylic acid groups (broad SMARTS) is 1. The van der Waals surface area contributed by atoms with Crippen molar-refractivity contribution in [2.24, 2.45) is 0 Å². The molecular formula is C12H14N4O3. The molecule has 0 radical (unpaired) electrons. The minimum atomic E-state index is -1.07. The molecule has 0 atom stereocenters. The summed E-state index contributed by atoms with van der Waals surface area (Å²) in [7, 11) is 0. The van der Waals surface area contributed by atoms with Crippen LogP contribution in [0.1, 0.15) is 36.1 Å². The second kappa shape index (κ2) is 5.05. The molecule has 0 bridgehead atoms. The predicted octanol–water partition coefficient (Wildman–Crippen LogP) is 0.767. The van der Waals surface area contributed by atoms with Crippen LogP contribution < -0.4 is 5.56 Å². The molecule has 7 heteroatoms. The van der Waals surface area contributed by atoms with Crippen molar-refractivity contribution in [3.05, 3.63) is 46.4 Å². The predicted molar refractivity (Wildman–Crippen MR) is 67.2 cm³/mol. The van der Waals surface area contributed by atoms with E-state index in [1.165, 1.54) is 29.2 Å². The van der Waals surface area contributed by atoms with Crippen LogP contribution in [-0.2, 0) is 6.54 Å². The summed E-state index contributed by atoms with van der Waals surface area (Å²) in [6.45, 7) is 4.10. The average molecular weight is 262 g/mol. The van der Waals surface area contributed by atoms with Gasteiger partial charge in [-0.1, -0.05) is 0 Å². The zero-order chi connectivity index (χ0) is 14.0. The molecule has 7 nitrogen and oxygen atoms in total. The van der Waals surface area contributed by atoms with Crippen LogP contribution in [0.4, 0.5) is 0 Å². The molecule has 2 heterocycles. The molecule has 100 valence electrons. The summed E-state index contributed by atoms with van der Waals surface area (Å²) in [5, 5.41) is 13.0. The molecule has 0 unspecified atom stereocenters. The number of hydrogen-bond donors (Lipinski definition) is 1. The topological polar surface area (TPSA) is 90.0 Å². The Balaban J connectivity index is 2.38. The van der Waals surface area contributed by atoms with E-state index in [-0.39, 0.29) is 23.7 Å². The summed E-state index contributed by atoms with van der Waals surface area (Å²) in [6, 6.07) is 2.64. The first-order valence-corrected chi connectivity index (χ1v) is 5.81. The smallest absolute Gasteiger partial charge is 0.337 e. The van der Waals surface area contributed by atoms with Crippen LogP contribution in [0.15, 0.2) is 29.5 Å². The van der Waals surface area contributed by atoms with E-state index in [1.807, 2.05) is 13.8 Å². The lowest BCUT2D eigenvalue weighted by atomic mass is 10.3. The van der Waals surface area contributed by atoms with Crippen LogP contribution in [0.5, 0.6) is 0 Å².